The van der Waals surface area contributed by atoms with Crippen LogP contribution in [0.1, 0.15) is 10.4 Å². The first kappa shape index (κ1) is 18.3. The van der Waals surface area contributed by atoms with Crippen LogP contribution in [0.2, 0.25) is 0 Å². The van der Waals surface area contributed by atoms with Crippen molar-refractivity contribution in [3.63, 3.8) is 0 Å². The molecule has 1 fully saturated rings. The Morgan fingerprint density at radius 2 is 1.86 bits per heavy atom. The first-order valence-corrected chi connectivity index (χ1v) is 9.46. The summed E-state index contributed by atoms with van der Waals surface area (Å²) in [6.45, 7) is 3.80. The highest BCUT2D eigenvalue weighted by Gasteiger charge is 2.18. The number of carbonyl (C=O) groups is 1. The third-order valence-electron chi connectivity index (χ3n) is 4.79. The Morgan fingerprint density at radius 3 is 2.61 bits per heavy atom. The predicted octanol–water partition coefficient (Wildman–Crippen LogP) is 3.10. The molecular weight excluding hydrogens is 354 g/mol. The van der Waals surface area contributed by atoms with E-state index in [1.165, 1.54) is 0 Å². The van der Waals surface area contributed by atoms with Gasteiger partial charge in [-0.05, 0) is 23.8 Å². The number of nitrogens with zero attached hydrogens (tertiary/aromatic N) is 3. The maximum Gasteiger partial charge on any atom is 0.254 e. The second-order valence-corrected chi connectivity index (χ2v) is 6.63. The van der Waals surface area contributed by atoms with E-state index < -0.39 is 0 Å². The topological polar surface area (TPSA) is 56.6 Å². The van der Waals surface area contributed by atoms with Gasteiger partial charge in [-0.3, -0.25) is 4.79 Å². The maximum absolute atomic E-state index is 12.6. The zero-order valence-electron chi connectivity index (χ0n) is 15.7. The molecule has 0 unspecified atom stereocenters. The molecule has 6 heteroatoms. The van der Waals surface area contributed by atoms with Crippen LogP contribution in [0.25, 0.3) is 11.1 Å². The molecule has 0 saturated carbocycles. The van der Waals surface area contributed by atoms with Crippen LogP contribution < -0.4 is 4.74 Å². The number of benzene rings is 2. The number of hydrogen-bond donors (Lipinski definition) is 0. The van der Waals surface area contributed by atoms with Crippen LogP contribution >= 0.6 is 0 Å². The van der Waals surface area contributed by atoms with Crippen LogP contribution in [0.5, 0.6) is 5.75 Å². The molecule has 1 amide bonds. The maximum atomic E-state index is 12.6. The van der Waals surface area contributed by atoms with Gasteiger partial charge in [0.1, 0.15) is 12.4 Å². The molecule has 0 spiro atoms. The van der Waals surface area contributed by atoms with E-state index in [0.29, 0.717) is 38.5 Å². The number of aromatic nitrogens is 2. The molecule has 0 radical (unpaired) electrons. The normalized spacial score (nSPS) is 14.1. The number of hydrogen-bond acceptors (Lipinski definition) is 4. The lowest BCUT2D eigenvalue weighted by atomic mass is 10.0. The lowest BCUT2D eigenvalue weighted by molar-refractivity contribution is 0.0303. The Balaban J connectivity index is 1.45. The number of imidazole rings is 1. The fourth-order valence-corrected chi connectivity index (χ4v) is 3.25. The first-order valence-electron chi connectivity index (χ1n) is 9.46. The molecule has 1 aliphatic rings. The third kappa shape index (κ3) is 4.23. The smallest absolute Gasteiger partial charge is 0.254 e. The Labute approximate surface area is 164 Å². The summed E-state index contributed by atoms with van der Waals surface area (Å²) in [5.41, 5.74) is 2.74. The lowest BCUT2D eigenvalue weighted by Gasteiger charge is -2.26. The van der Waals surface area contributed by atoms with E-state index in [2.05, 4.69) is 4.98 Å². The molecular formula is C22H23N3O3. The predicted molar refractivity (Wildman–Crippen MR) is 106 cm³/mol. The molecule has 0 N–H and O–H groups in total. The van der Waals surface area contributed by atoms with E-state index in [1.807, 2.05) is 64.2 Å². The molecule has 0 atom stereocenters. The number of carbonyl (C=O) groups excluding carboxylic acids is 1. The second kappa shape index (κ2) is 8.71. The van der Waals surface area contributed by atoms with Crippen LogP contribution in [0.15, 0.2) is 67.3 Å². The highest BCUT2D eigenvalue weighted by Crippen LogP contribution is 2.30. The summed E-state index contributed by atoms with van der Waals surface area (Å²) < 4.78 is 13.3. The van der Waals surface area contributed by atoms with Crippen molar-refractivity contribution in [2.75, 3.05) is 32.9 Å². The third-order valence-corrected chi connectivity index (χ3v) is 4.79. The summed E-state index contributed by atoms with van der Waals surface area (Å²) in [6, 6.07) is 15.7. The standard InChI is InChI=1S/C22H23N3O3/c26-22(25-12-14-27-15-13-25)19-7-5-18(6-8-19)20-3-1-2-4-21(20)28-16-11-24-10-9-23-17-24/h1-10,17H,11-16H2. The summed E-state index contributed by atoms with van der Waals surface area (Å²) in [6.07, 6.45) is 5.45. The summed E-state index contributed by atoms with van der Waals surface area (Å²) >= 11 is 0. The minimum Gasteiger partial charge on any atom is -0.491 e. The monoisotopic (exact) mass is 377 g/mol. The van der Waals surface area contributed by atoms with Crippen LogP contribution in [-0.4, -0.2) is 53.3 Å². The average Bonchev–Trinajstić information content (AvgIpc) is 3.28. The molecule has 4 rings (SSSR count). The molecule has 28 heavy (non-hydrogen) atoms. The van der Waals surface area contributed by atoms with Crippen molar-refractivity contribution in [3.05, 3.63) is 72.8 Å². The highest BCUT2D eigenvalue weighted by atomic mass is 16.5. The fourth-order valence-electron chi connectivity index (χ4n) is 3.25. The van der Waals surface area contributed by atoms with Gasteiger partial charge in [-0.2, -0.15) is 0 Å². The van der Waals surface area contributed by atoms with Crippen LogP contribution in [0, 0.1) is 0 Å². The van der Waals surface area contributed by atoms with Crippen LogP contribution in [-0.2, 0) is 11.3 Å². The Bertz CT molecular complexity index is 901. The molecule has 2 aromatic carbocycles. The minimum absolute atomic E-state index is 0.0553. The number of para-hydroxylation sites is 1. The summed E-state index contributed by atoms with van der Waals surface area (Å²) in [5, 5.41) is 0. The highest BCUT2D eigenvalue weighted by molar-refractivity contribution is 5.94. The van der Waals surface area contributed by atoms with Gasteiger partial charge in [0.15, 0.2) is 0 Å². The van der Waals surface area contributed by atoms with E-state index in [1.54, 1.807) is 12.5 Å². The minimum atomic E-state index is 0.0553. The fraction of sp³-hybridized carbons (Fsp3) is 0.273. The summed E-state index contributed by atoms with van der Waals surface area (Å²) in [7, 11) is 0. The van der Waals surface area contributed by atoms with Crippen LogP contribution in [0.4, 0.5) is 0 Å². The molecule has 1 aromatic heterocycles. The summed E-state index contributed by atoms with van der Waals surface area (Å²) in [5.74, 6) is 0.884. The quantitative estimate of drug-likeness (QED) is 0.662. The molecule has 2 heterocycles. The number of ether oxygens (including phenoxy) is 2. The van der Waals surface area contributed by atoms with E-state index in [-0.39, 0.29) is 5.91 Å². The van der Waals surface area contributed by atoms with Gasteiger partial charge >= 0.3 is 0 Å². The molecule has 1 aliphatic heterocycles. The average molecular weight is 377 g/mol. The Kier molecular flexibility index (Phi) is 5.68. The van der Waals surface area contributed by atoms with Gasteiger partial charge in [-0.1, -0.05) is 30.3 Å². The van der Waals surface area contributed by atoms with E-state index in [4.69, 9.17) is 9.47 Å². The zero-order chi connectivity index (χ0) is 19.2. The molecule has 6 nitrogen and oxygen atoms in total. The number of morpholine rings is 1. The van der Waals surface area contributed by atoms with Gasteiger partial charge in [0, 0.05) is 36.6 Å². The van der Waals surface area contributed by atoms with Gasteiger partial charge in [0.2, 0.25) is 0 Å². The van der Waals surface area contributed by atoms with Gasteiger partial charge in [-0.15, -0.1) is 0 Å². The van der Waals surface area contributed by atoms with E-state index in [0.717, 1.165) is 23.4 Å². The van der Waals surface area contributed by atoms with Gasteiger partial charge < -0.3 is 18.9 Å². The van der Waals surface area contributed by atoms with Crippen molar-refractivity contribution in [2.45, 2.75) is 6.54 Å². The molecule has 1 saturated heterocycles. The van der Waals surface area contributed by atoms with Crippen molar-refractivity contribution in [1.29, 1.82) is 0 Å². The first-order chi connectivity index (χ1) is 13.8. The number of amides is 1. The van der Waals surface area contributed by atoms with Crippen molar-refractivity contribution in [3.8, 4) is 16.9 Å². The van der Waals surface area contributed by atoms with Gasteiger partial charge in [0.25, 0.3) is 5.91 Å². The molecule has 3 aromatic rings. The molecule has 144 valence electrons. The van der Waals surface area contributed by atoms with E-state index in [9.17, 15) is 4.79 Å². The second-order valence-electron chi connectivity index (χ2n) is 6.63. The van der Waals surface area contributed by atoms with Crippen molar-refractivity contribution in [1.82, 2.24) is 14.5 Å². The van der Waals surface area contributed by atoms with E-state index >= 15 is 0 Å². The van der Waals surface area contributed by atoms with Gasteiger partial charge in [-0.25, -0.2) is 4.98 Å². The Morgan fingerprint density at radius 1 is 1.07 bits per heavy atom. The lowest BCUT2D eigenvalue weighted by Crippen LogP contribution is -2.40. The Hall–Kier alpha value is -3.12. The van der Waals surface area contributed by atoms with Crippen LogP contribution in [0.3, 0.4) is 0 Å². The van der Waals surface area contributed by atoms with Crippen molar-refractivity contribution in [2.24, 2.45) is 0 Å². The summed E-state index contributed by atoms with van der Waals surface area (Å²) in [4.78, 5) is 18.5. The van der Waals surface area contributed by atoms with Gasteiger partial charge in [0.05, 0.1) is 26.1 Å². The SMILES string of the molecule is O=C(c1ccc(-c2ccccc2OCCn2ccnc2)cc1)N1CCOCC1. The number of rotatable bonds is 6. The largest absolute Gasteiger partial charge is 0.491 e. The zero-order valence-corrected chi connectivity index (χ0v) is 15.7. The molecule has 0 aliphatic carbocycles. The van der Waals surface area contributed by atoms with Crippen molar-refractivity contribution < 1.29 is 14.3 Å². The molecule has 0 bridgehead atoms. The van der Waals surface area contributed by atoms with Crippen molar-refractivity contribution >= 4 is 5.91 Å².